The fourth-order valence-corrected chi connectivity index (χ4v) is 1.99. The van der Waals surface area contributed by atoms with Gasteiger partial charge in [-0.2, -0.15) is 0 Å². The van der Waals surface area contributed by atoms with Gasteiger partial charge in [-0.1, -0.05) is 6.07 Å². The number of nitrogens with one attached hydrogen (secondary N) is 1. The van der Waals surface area contributed by atoms with Crippen LogP contribution in [0.15, 0.2) is 24.3 Å². The van der Waals surface area contributed by atoms with Crippen LogP contribution in [0.2, 0.25) is 0 Å². The van der Waals surface area contributed by atoms with E-state index in [4.69, 9.17) is 9.84 Å². The van der Waals surface area contributed by atoms with Crippen molar-refractivity contribution in [2.24, 2.45) is 5.92 Å². The van der Waals surface area contributed by atoms with Crippen LogP contribution < -0.4 is 5.32 Å². The Labute approximate surface area is 101 Å². The summed E-state index contributed by atoms with van der Waals surface area (Å²) >= 11 is 0. The van der Waals surface area contributed by atoms with E-state index in [2.05, 4.69) is 5.32 Å². The Morgan fingerprint density at radius 1 is 1.53 bits per heavy atom. The number of hydrogen-bond donors (Lipinski definition) is 2. The molecule has 92 valence electrons. The zero-order chi connectivity index (χ0) is 12.1. The first kappa shape index (κ1) is 11.9. The summed E-state index contributed by atoms with van der Waals surface area (Å²) in [6.07, 6.45) is 2.28. The standard InChI is InChI=1S/C13H17NO3/c15-13(16)11-4-1-5-12(7-11)14-8-10-3-2-6-17-9-10/h1,4-5,7,10,14H,2-3,6,8-9H2,(H,15,16). The lowest BCUT2D eigenvalue weighted by molar-refractivity contribution is 0.0595. The third kappa shape index (κ3) is 3.46. The molecular weight excluding hydrogens is 218 g/mol. The number of hydrogen-bond acceptors (Lipinski definition) is 3. The predicted octanol–water partition coefficient (Wildman–Crippen LogP) is 2.22. The lowest BCUT2D eigenvalue weighted by Gasteiger charge is -2.22. The molecule has 1 saturated heterocycles. The smallest absolute Gasteiger partial charge is 0.335 e. The number of rotatable bonds is 4. The van der Waals surface area contributed by atoms with Crippen molar-refractivity contribution in [3.8, 4) is 0 Å². The summed E-state index contributed by atoms with van der Waals surface area (Å²) in [4.78, 5) is 10.8. The summed E-state index contributed by atoms with van der Waals surface area (Å²) in [6.45, 7) is 2.50. The Hall–Kier alpha value is -1.55. The Bertz CT molecular complexity index is 386. The highest BCUT2D eigenvalue weighted by molar-refractivity contribution is 5.88. The molecule has 0 bridgehead atoms. The number of ether oxygens (including phenoxy) is 1. The number of carboxylic acids is 1. The van der Waals surface area contributed by atoms with Gasteiger partial charge in [-0.3, -0.25) is 0 Å². The summed E-state index contributed by atoms with van der Waals surface area (Å²) < 4.78 is 5.40. The van der Waals surface area contributed by atoms with Crippen LogP contribution in [0.25, 0.3) is 0 Å². The van der Waals surface area contributed by atoms with Crippen LogP contribution in [-0.2, 0) is 4.74 Å². The highest BCUT2D eigenvalue weighted by Gasteiger charge is 2.13. The maximum absolute atomic E-state index is 10.8. The largest absolute Gasteiger partial charge is 0.478 e. The average molecular weight is 235 g/mol. The Balaban J connectivity index is 1.89. The number of carbonyl (C=O) groups is 1. The van der Waals surface area contributed by atoms with Crippen LogP contribution in [0.3, 0.4) is 0 Å². The fraction of sp³-hybridized carbons (Fsp3) is 0.462. The summed E-state index contributed by atoms with van der Waals surface area (Å²) in [7, 11) is 0. The van der Waals surface area contributed by atoms with Gasteiger partial charge < -0.3 is 15.2 Å². The van der Waals surface area contributed by atoms with E-state index in [1.807, 2.05) is 6.07 Å². The van der Waals surface area contributed by atoms with Crippen LogP contribution in [0.4, 0.5) is 5.69 Å². The first-order valence-electron chi connectivity index (χ1n) is 5.90. The molecule has 2 rings (SSSR count). The third-order valence-corrected chi connectivity index (χ3v) is 2.96. The molecule has 2 N–H and O–H groups in total. The van der Waals surface area contributed by atoms with Crippen LogP contribution >= 0.6 is 0 Å². The predicted molar refractivity (Wildman–Crippen MR) is 65.4 cm³/mol. The van der Waals surface area contributed by atoms with Crippen molar-refractivity contribution in [2.45, 2.75) is 12.8 Å². The summed E-state index contributed by atoms with van der Waals surface area (Å²) in [5.74, 6) is -0.369. The van der Waals surface area contributed by atoms with E-state index in [1.165, 1.54) is 6.42 Å². The average Bonchev–Trinajstić information content (AvgIpc) is 2.38. The second-order valence-corrected chi connectivity index (χ2v) is 4.35. The summed E-state index contributed by atoms with van der Waals surface area (Å²) in [6, 6.07) is 6.89. The second kappa shape index (κ2) is 5.68. The molecule has 1 heterocycles. The maximum Gasteiger partial charge on any atom is 0.335 e. The minimum atomic E-state index is -0.894. The first-order valence-corrected chi connectivity index (χ1v) is 5.90. The fourth-order valence-electron chi connectivity index (χ4n) is 1.99. The highest BCUT2D eigenvalue weighted by atomic mass is 16.5. The van der Waals surface area contributed by atoms with Gasteiger partial charge in [-0.25, -0.2) is 4.79 Å². The summed E-state index contributed by atoms with van der Waals surface area (Å²) in [5, 5.41) is 12.1. The Morgan fingerprint density at radius 3 is 3.12 bits per heavy atom. The highest BCUT2D eigenvalue weighted by Crippen LogP contribution is 2.16. The van der Waals surface area contributed by atoms with E-state index in [0.29, 0.717) is 11.5 Å². The number of carboxylic acid groups (broad SMARTS) is 1. The molecule has 1 aromatic carbocycles. The monoisotopic (exact) mass is 235 g/mol. The van der Waals surface area contributed by atoms with Crippen molar-refractivity contribution in [1.82, 2.24) is 0 Å². The van der Waals surface area contributed by atoms with E-state index >= 15 is 0 Å². The van der Waals surface area contributed by atoms with Gasteiger partial charge in [-0.15, -0.1) is 0 Å². The van der Waals surface area contributed by atoms with E-state index in [0.717, 1.165) is 31.9 Å². The number of aromatic carboxylic acids is 1. The minimum Gasteiger partial charge on any atom is -0.478 e. The molecule has 1 atom stereocenters. The van der Waals surface area contributed by atoms with E-state index in [-0.39, 0.29) is 0 Å². The molecule has 0 amide bonds. The van der Waals surface area contributed by atoms with E-state index in [9.17, 15) is 4.79 Å². The first-order chi connectivity index (χ1) is 8.25. The summed E-state index contributed by atoms with van der Waals surface area (Å²) in [5.41, 5.74) is 1.17. The van der Waals surface area contributed by atoms with Gasteiger partial charge in [0.2, 0.25) is 0 Å². The van der Waals surface area contributed by atoms with Crippen molar-refractivity contribution < 1.29 is 14.6 Å². The number of benzene rings is 1. The maximum atomic E-state index is 10.8. The lowest BCUT2D eigenvalue weighted by Crippen LogP contribution is -2.24. The Morgan fingerprint density at radius 2 is 2.41 bits per heavy atom. The van der Waals surface area contributed by atoms with Gasteiger partial charge in [0.15, 0.2) is 0 Å². The van der Waals surface area contributed by atoms with Gasteiger partial charge in [0, 0.05) is 18.8 Å². The second-order valence-electron chi connectivity index (χ2n) is 4.35. The normalized spacial score (nSPS) is 19.9. The van der Waals surface area contributed by atoms with Gasteiger partial charge in [0.25, 0.3) is 0 Å². The van der Waals surface area contributed by atoms with Crippen LogP contribution in [0.1, 0.15) is 23.2 Å². The molecule has 4 heteroatoms. The zero-order valence-electron chi connectivity index (χ0n) is 9.69. The van der Waals surface area contributed by atoms with Crippen LogP contribution in [0.5, 0.6) is 0 Å². The molecule has 1 fully saturated rings. The van der Waals surface area contributed by atoms with Crippen molar-refractivity contribution in [3.63, 3.8) is 0 Å². The molecule has 0 radical (unpaired) electrons. The van der Waals surface area contributed by atoms with Gasteiger partial charge in [0.1, 0.15) is 0 Å². The van der Waals surface area contributed by atoms with Gasteiger partial charge in [0.05, 0.1) is 12.2 Å². The zero-order valence-corrected chi connectivity index (χ0v) is 9.69. The molecule has 17 heavy (non-hydrogen) atoms. The molecule has 1 aliphatic rings. The van der Waals surface area contributed by atoms with Crippen molar-refractivity contribution in [2.75, 3.05) is 25.1 Å². The SMILES string of the molecule is O=C(O)c1cccc(NCC2CCCOC2)c1. The lowest BCUT2D eigenvalue weighted by atomic mass is 10.0. The molecular formula is C13H17NO3. The molecule has 0 aromatic heterocycles. The van der Waals surface area contributed by atoms with E-state index < -0.39 is 5.97 Å². The topological polar surface area (TPSA) is 58.6 Å². The van der Waals surface area contributed by atoms with Gasteiger partial charge in [-0.05, 0) is 37.0 Å². The molecule has 4 nitrogen and oxygen atoms in total. The van der Waals surface area contributed by atoms with E-state index in [1.54, 1.807) is 18.2 Å². The van der Waals surface area contributed by atoms with Crippen LogP contribution in [-0.4, -0.2) is 30.8 Å². The molecule has 1 unspecified atom stereocenters. The van der Waals surface area contributed by atoms with Crippen molar-refractivity contribution >= 4 is 11.7 Å². The number of anilines is 1. The molecule has 0 saturated carbocycles. The molecule has 0 aliphatic carbocycles. The van der Waals surface area contributed by atoms with Crippen LogP contribution in [0, 0.1) is 5.92 Å². The Kier molecular flexibility index (Phi) is 3.98. The molecule has 1 aromatic rings. The minimum absolute atomic E-state index is 0.315. The molecule has 0 spiro atoms. The van der Waals surface area contributed by atoms with Gasteiger partial charge >= 0.3 is 5.97 Å². The quantitative estimate of drug-likeness (QED) is 0.840. The third-order valence-electron chi connectivity index (χ3n) is 2.96. The van der Waals surface area contributed by atoms with Crippen molar-refractivity contribution in [3.05, 3.63) is 29.8 Å². The molecule has 1 aliphatic heterocycles. The van der Waals surface area contributed by atoms with Crippen molar-refractivity contribution in [1.29, 1.82) is 0 Å².